The van der Waals surface area contributed by atoms with E-state index < -0.39 is 0 Å². The first-order valence-corrected chi connectivity index (χ1v) is 10.3. The maximum atomic E-state index is 12.8. The first-order chi connectivity index (χ1) is 13.9. The van der Waals surface area contributed by atoms with Crippen molar-refractivity contribution in [3.63, 3.8) is 0 Å². The Kier molecular flexibility index (Phi) is 5.07. The molecule has 4 rings (SSSR count). The Balaban J connectivity index is 1.52. The Hall–Kier alpha value is -3.19. The number of aryl methyl sites for hydroxylation is 1. The van der Waals surface area contributed by atoms with Crippen LogP contribution in [0.3, 0.4) is 0 Å². The molecule has 148 valence electrons. The van der Waals surface area contributed by atoms with E-state index in [1.165, 1.54) is 0 Å². The number of benzene rings is 1. The number of carbonyl (C=O) groups excluding carboxylic acids is 1. The second kappa shape index (κ2) is 7.67. The second-order valence-electron chi connectivity index (χ2n) is 7.19. The average molecular weight is 407 g/mol. The Morgan fingerprint density at radius 2 is 1.93 bits per heavy atom. The largest absolute Gasteiger partial charge is 0.441 e. The Labute approximate surface area is 173 Å². The summed E-state index contributed by atoms with van der Waals surface area (Å²) < 4.78 is 7.78. The van der Waals surface area contributed by atoms with Crippen molar-refractivity contribution in [2.24, 2.45) is 0 Å². The van der Waals surface area contributed by atoms with Crippen LogP contribution < -0.4 is 5.32 Å². The number of aromatic nitrogens is 3. The number of thiazole rings is 1. The van der Waals surface area contributed by atoms with Crippen LogP contribution in [-0.4, -0.2) is 20.4 Å². The van der Waals surface area contributed by atoms with Crippen molar-refractivity contribution in [1.82, 2.24) is 14.5 Å². The van der Waals surface area contributed by atoms with Crippen molar-refractivity contribution in [2.75, 3.05) is 5.32 Å². The minimum Gasteiger partial charge on any atom is -0.441 e. The van der Waals surface area contributed by atoms with Gasteiger partial charge in [0.25, 0.3) is 5.91 Å². The lowest BCUT2D eigenvalue weighted by Gasteiger charge is -2.07. The molecule has 0 radical (unpaired) electrons. The standard InChI is InChI=1S/C22H22N4O2S/c1-13(2)19-12-24-21(28-19)16-5-7-17(8-6-16)25-20(27)18-11-14(3)26(15(18)4)22-23-9-10-29-22/h5-13H,1-4H3,(H,25,27). The van der Waals surface area contributed by atoms with Gasteiger partial charge in [-0.25, -0.2) is 9.97 Å². The van der Waals surface area contributed by atoms with Crippen LogP contribution in [0, 0.1) is 13.8 Å². The van der Waals surface area contributed by atoms with E-state index in [-0.39, 0.29) is 11.8 Å². The van der Waals surface area contributed by atoms with Gasteiger partial charge in [0.1, 0.15) is 5.76 Å². The topological polar surface area (TPSA) is 73.0 Å². The summed E-state index contributed by atoms with van der Waals surface area (Å²) in [4.78, 5) is 21.5. The minimum atomic E-state index is -0.146. The molecular formula is C22H22N4O2S. The van der Waals surface area contributed by atoms with E-state index in [4.69, 9.17) is 4.42 Å². The average Bonchev–Trinajstić information content (AvgIpc) is 3.43. The molecule has 0 bridgehead atoms. The van der Waals surface area contributed by atoms with E-state index in [0.717, 1.165) is 27.8 Å². The molecule has 0 aliphatic carbocycles. The first kappa shape index (κ1) is 19.1. The zero-order valence-electron chi connectivity index (χ0n) is 16.8. The number of carbonyl (C=O) groups is 1. The number of hydrogen-bond donors (Lipinski definition) is 1. The van der Waals surface area contributed by atoms with Crippen molar-refractivity contribution in [1.29, 1.82) is 0 Å². The molecule has 29 heavy (non-hydrogen) atoms. The van der Waals surface area contributed by atoms with Crippen molar-refractivity contribution in [3.8, 4) is 16.6 Å². The van der Waals surface area contributed by atoms with Gasteiger partial charge in [-0.3, -0.25) is 9.36 Å². The number of anilines is 1. The molecule has 3 aromatic heterocycles. The monoisotopic (exact) mass is 406 g/mol. The van der Waals surface area contributed by atoms with Crippen LogP contribution in [0.4, 0.5) is 5.69 Å². The van der Waals surface area contributed by atoms with E-state index in [2.05, 4.69) is 29.1 Å². The van der Waals surface area contributed by atoms with Gasteiger partial charge in [0.15, 0.2) is 5.13 Å². The molecule has 1 aromatic carbocycles. The lowest BCUT2D eigenvalue weighted by molar-refractivity contribution is 0.102. The third-order valence-corrected chi connectivity index (χ3v) is 5.53. The molecule has 0 spiro atoms. The minimum absolute atomic E-state index is 0.146. The highest BCUT2D eigenvalue weighted by Gasteiger charge is 2.18. The smallest absolute Gasteiger partial charge is 0.257 e. The SMILES string of the molecule is Cc1cc(C(=O)Nc2ccc(-c3ncc(C(C)C)o3)cc2)c(C)n1-c1nccs1. The lowest BCUT2D eigenvalue weighted by atomic mass is 10.2. The highest BCUT2D eigenvalue weighted by atomic mass is 32.1. The van der Waals surface area contributed by atoms with Crippen molar-refractivity contribution < 1.29 is 9.21 Å². The van der Waals surface area contributed by atoms with E-state index in [1.807, 2.05) is 54.1 Å². The maximum absolute atomic E-state index is 12.8. The van der Waals surface area contributed by atoms with Gasteiger partial charge in [-0.2, -0.15) is 0 Å². The third kappa shape index (κ3) is 3.73. The molecule has 0 unspecified atom stereocenters. The van der Waals surface area contributed by atoms with Gasteiger partial charge >= 0.3 is 0 Å². The maximum Gasteiger partial charge on any atom is 0.257 e. The van der Waals surface area contributed by atoms with Crippen molar-refractivity contribution in [3.05, 3.63) is 70.8 Å². The fourth-order valence-electron chi connectivity index (χ4n) is 3.19. The number of nitrogens with zero attached hydrogens (tertiary/aromatic N) is 3. The summed E-state index contributed by atoms with van der Waals surface area (Å²) in [6, 6.07) is 9.38. The molecule has 0 aliphatic rings. The Bertz CT molecular complexity index is 1140. The molecule has 1 amide bonds. The fraction of sp³-hybridized carbons (Fsp3) is 0.227. The first-order valence-electron chi connectivity index (χ1n) is 9.40. The molecule has 3 heterocycles. The summed E-state index contributed by atoms with van der Waals surface area (Å²) in [5.74, 6) is 1.58. The van der Waals surface area contributed by atoms with Crippen LogP contribution in [0.2, 0.25) is 0 Å². The molecule has 0 atom stereocenters. The Morgan fingerprint density at radius 1 is 1.17 bits per heavy atom. The number of rotatable bonds is 5. The molecular weight excluding hydrogens is 384 g/mol. The van der Waals surface area contributed by atoms with Gasteiger partial charge in [-0.1, -0.05) is 13.8 Å². The van der Waals surface area contributed by atoms with Crippen molar-refractivity contribution >= 4 is 22.9 Å². The molecule has 0 saturated heterocycles. The summed E-state index contributed by atoms with van der Waals surface area (Å²) in [5.41, 5.74) is 4.07. The number of hydrogen-bond acceptors (Lipinski definition) is 5. The summed E-state index contributed by atoms with van der Waals surface area (Å²) in [6.45, 7) is 8.03. The third-order valence-electron chi connectivity index (χ3n) is 4.77. The molecule has 0 saturated carbocycles. The van der Waals surface area contributed by atoms with Crippen molar-refractivity contribution in [2.45, 2.75) is 33.6 Å². The normalized spacial score (nSPS) is 11.2. The van der Waals surface area contributed by atoms with Gasteiger partial charge in [0.05, 0.1) is 11.8 Å². The van der Waals surface area contributed by atoms with Gasteiger partial charge in [0, 0.05) is 40.1 Å². The van der Waals surface area contributed by atoms with Gasteiger partial charge in [0.2, 0.25) is 5.89 Å². The molecule has 0 fully saturated rings. The number of amides is 1. The summed E-state index contributed by atoms with van der Waals surface area (Å²) >= 11 is 1.54. The van der Waals surface area contributed by atoms with Crippen LogP contribution >= 0.6 is 11.3 Å². The lowest BCUT2D eigenvalue weighted by Crippen LogP contribution is -2.13. The van der Waals surface area contributed by atoms with Crippen LogP contribution in [0.5, 0.6) is 0 Å². The van der Waals surface area contributed by atoms with Crippen LogP contribution in [0.25, 0.3) is 16.6 Å². The summed E-state index contributed by atoms with van der Waals surface area (Å²) in [5, 5.41) is 5.75. The highest BCUT2D eigenvalue weighted by molar-refractivity contribution is 7.12. The predicted octanol–water partition coefficient (Wildman–Crippen LogP) is 5.58. The van der Waals surface area contributed by atoms with Gasteiger partial charge < -0.3 is 9.73 Å². The predicted molar refractivity (Wildman–Crippen MR) is 115 cm³/mol. The van der Waals surface area contributed by atoms with Gasteiger partial charge in [-0.15, -0.1) is 11.3 Å². The van der Waals surface area contributed by atoms with E-state index in [0.29, 0.717) is 17.1 Å². The molecule has 7 heteroatoms. The van der Waals surface area contributed by atoms with Crippen LogP contribution in [-0.2, 0) is 0 Å². The molecule has 1 N–H and O–H groups in total. The highest BCUT2D eigenvalue weighted by Crippen LogP contribution is 2.26. The van der Waals surface area contributed by atoms with Gasteiger partial charge in [-0.05, 0) is 44.2 Å². The zero-order valence-corrected chi connectivity index (χ0v) is 17.6. The van der Waals surface area contributed by atoms with Crippen LogP contribution in [0.15, 0.2) is 52.5 Å². The quantitative estimate of drug-likeness (QED) is 0.469. The molecule has 4 aromatic rings. The summed E-state index contributed by atoms with van der Waals surface area (Å²) in [6.07, 6.45) is 3.52. The van der Waals surface area contributed by atoms with E-state index >= 15 is 0 Å². The number of oxazole rings is 1. The summed E-state index contributed by atoms with van der Waals surface area (Å²) in [7, 11) is 0. The Morgan fingerprint density at radius 3 is 2.55 bits per heavy atom. The molecule has 0 aliphatic heterocycles. The van der Waals surface area contributed by atoms with E-state index in [9.17, 15) is 4.79 Å². The second-order valence-corrected chi connectivity index (χ2v) is 8.06. The molecule has 6 nitrogen and oxygen atoms in total. The number of nitrogens with one attached hydrogen (secondary N) is 1. The van der Waals surface area contributed by atoms with Crippen LogP contribution in [0.1, 0.15) is 47.3 Å². The van der Waals surface area contributed by atoms with E-state index in [1.54, 1.807) is 23.7 Å². The fourth-order valence-corrected chi connectivity index (χ4v) is 3.95. The zero-order chi connectivity index (χ0) is 20.5.